The van der Waals surface area contributed by atoms with Crippen LogP contribution < -0.4 is 5.32 Å². The molecule has 2 aromatic heterocycles. The van der Waals surface area contributed by atoms with Crippen molar-refractivity contribution < 1.29 is 9.84 Å². The second-order valence-corrected chi connectivity index (χ2v) is 6.37. The van der Waals surface area contributed by atoms with Gasteiger partial charge in [-0.25, -0.2) is 15.0 Å². The number of imidazole rings is 1. The van der Waals surface area contributed by atoms with Crippen LogP contribution in [-0.2, 0) is 4.74 Å². The number of anilines is 2. The standard InChI is InChI=1S/C16H16BrN5O2/c17-16-20-14(19-10-4-3-5-11(23)8-10)13-15(21-16)22(9-18-13)12-6-1-2-7-24-12/h3-5,8-9,12,23H,1-2,6-7H2,(H,19,20,21). The summed E-state index contributed by atoms with van der Waals surface area (Å²) in [5, 5.41) is 12.8. The highest BCUT2D eigenvalue weighted by Crippen LogP contribution is 2.30. The van der Waals surface area contributed by atoms with Crippen molar-refractivity contribution in [2.75, 3.05) is 11.9 Å². The molecule has 4 rings (SSSR count). The van der Waals surface area contributed by atoms with Crippen molar-refractivity contribution in [2.24, 2.45) is 0 Å². The molecule has 1 aromatic carbocycles. The number of nitrogens with zero attached hydrogens (tertiary/aromatic N) is 4. The van der Waals surface area contributed by atoms with Crippen molar-refractivity contribution in [3.63, 3.8) is 0 Å². The van der Waals surface area contributed by atoms with Gasteiger partial charge in [-0.15, -0.1) is 0 Å². The Morgan fingerprint density at radius 3 is 3.00 bits per heavy atom. The van der Waals surface area contributed by atoms with Gasteiger partial charge in [0.05, 0.1) is 6.33 Å². The normalized spacial score (nSPS) is 18.0. The Morgan fingerprint density at radius 1 is 1.29 bits per heavy atom. The molecule has 0 bridgehead atoms. The van der Waals surface area contributed by atoms with Crippen LogP contribution in [0, 0.1) is 0 Å². The Bertz CT molecular complexity index is 876. The zero-order chi connectivity index (χ0) is 16.5. The van der Waals surface area contributed by atoms with Gasteiger partial charge in [0.1, 0.15) is 12.0 Å². The number of phenols is 1. The minimum atomic E-state index is -0.0424. The lowest BCUT2D eigenvalue weighted by Crippen LogP contribution is -2.17. The molecule has 1 unspecified atom stereocenters. The Kier molecular flexibility index (Phi) is 4.07. The lowest BCUT2D eigenvalue weighted by atomic mass is 10.2. The minimum absolute atomic E-state index is 0.0424. The van der Waals surface area contributed by atoms with E-state index in [4.69, 9.17) is 4.74 Å². The fourth-order valence-corrected chi connectivity index (χ4v) is 3.20. The molecule has 0 spiro atoms. The summed E-state index contributed by atoms with van der Waals surface area (Å²) in [6.07, 6.45) is 4.87. The molecule has 0 amide bonds. The monoisotopic (exact) mass is 389 g/mol. The molecule has 24 heavy (non-hydrogen) atoms. The number of ether oxygens (including phenoxy) is 1. The van der Waals surface area contributed by atoms with E-state index >= 15 is 0 Å². The fraction of sp³-hybridized carbons (Fsp3) is 0.312. The minimum Gasteiger partial charge on any atom is -0.508 e. The molecular formula is C16H16BrN5O2. The molecular weight excluding hydrogens is 374 g/mol. The van der Waals surface area contributed by atoms with Crippen LogP contribution in [0.2, 0.25) is 0 Å². The van der Waals surface area contributed by atoms with Crippen LogP contribution in [0.1, 0.15) is 25.5 Å². The van der Waals surface area contributed by atoms with E-state index in [9.17, 15) is 5.11 Å². The molecule has 1 fully saturated rings. The average Bonchev–Trinajstić information content (AvgIpc) is 2.99. The van der Waals surface area contributed by atoms with Crippen LogP contribution in [0.25, 0.3) is 11.2 Å². The maximum atomic E-state index is 9.61. The van der Waals surface area contributed by atoms with E-state index in [1.165, 1.54) is 0 Å². The summed E-state index contributed by atoms with van der Waals surface area (Å²) in [6.45, 7) is 0.755. The first-order valence-corrected chi connectivity index (χ1v) is 8.58. The number of hydrogen-bond acceptors (Lipinski definition) is 6. The summed E-state index contributed by atoms with van der Waals surface area (Å²) in [7, 11) is 0. The van der Waals surface area contributed by atoms with Crippen LogP contribution >= 0.6 is 15.9 Å². The molecule has 3 aromatic rings. The molecule has 1 saturated heterocycles. The predicted octanol–water partition coefficient (Wildman–Crippen LogP) is 3.74. The highest BCUT2D eigenvalue weighted by Gasteiger charge is 2.21. The number of benzene rings is 1. The summed E-state index contributed by atoms with van der Waals surface area (Å²) >= 11 is 3.36. The smallest absolute Gasteiger partial charge is 0.200 e. The number of phenolic OH excluding ortho intramolecular Hbond substituents is 1. The maximum Gasteiger partial charge on any atom is 0.200 e. The molecule has 3 heterocycles. The van der Waals surface area contributed by atoms with Gasteiger partial charge in [0.2, 0.25) is 4.73 Å². The Labute approximate surface area is 146 Å². The quantitative estimate of drug-likeness (QED) is 0.663. The van der Waals surface area contributed by atoms with Crippen molar-refractivity contribution >= 4 is 38.6 Å². The van der Waals surface area contributed by atoms with E-state index in [1.54, 1.807) is 24.5 Å². The third kappa shape index (κ3) is 2.94. The Balaban J connectivity index is 1.74. The summed E-state index contributed by atoms with van der Waals surface area (Å²) in [5.41, 5.74) is 2.10. The first-order chi connectivity index (χ1) is 11.7. The van der Waals surface area contributed by atoms with Gasteiger partial charge in [-0.2, -0.15) is 0 Å². The topological polar surface area (TPSA) is 85.1 Å². The number of rotatable bonds is 3. The fourth-order valence-electron chi connectivity index (χ4n) is 2.85. The third-order valence-corrected chi connectivity index (χ3v) is 4.32. The highest BCUT2D eigenvalue weighted by atomic mass is 79.9. The molecule has 124 valence electrons. The molecule has 1 atom stereocenters. The van der Waals surface area contributed by atoms with Gasteiger partial charge in [0.15, 0.2) is 17.0 Å². The molecule has 0 saturated carbocycles. The van der Waals surface area contributed by atoms with Crippen molar-refractivity contribution in [3.8, 4) is 5.75 Å². The first-order valence-electron chi connectivity index (χ1n) is 7.78. The average molecular weight is 390 g/mol. The molecule has 0 aliphatic carbocycles. The van der Waals surface area contributed by atoms with Crippen molar-refractivity contribution in [3.05, 3.63) is 35.3 Å². The van der Waals surface area contributed by atoms with Crippen molar-refractivity contribution in [1.82, 2.24) is 19.5 Å². The van der Waals surface area contributed by atoms with E-state index in [0.717, 1.165) is 31.6 Å². The van der Waals surface area contributed by atoms with Gasteiger partial charge in [0.25, 0.3) is 0 Å². The molecule has 7 nitrogen and oxygen atoms in total. The van der Waals surface area contributed by atoms with Gasteiger partial charge < -0.3 is 15.2 Å². The van der Waals surface area contributed by atoms with E-state index < -0.39 is 0 Å². The molecule has 0 radical (unpaired) electrons. The van der Waals surface area contributed by atoms with E-state index in [2.05, 4.69) is 36.2 Å². The Morgan fingerprint density at radius 2 is 2.21 bits per heavy atom. The number of halogens is 1. The number of nitrogens with one attached hydrogen (secondary N) is 1. The van der Waals surface area contributed by atoms with E-state index in [1.807, 2.05) is 10.6 Å². The zero-order valence-corrected chi connectivity index (χ0v) is 14.4. The van der Waals surface area contributed by atoms with Crippen molar-refractivity contribution in [1.29, 1.82) is 0 Å². The van der Waals surface area contributed by atoms with Crippen LogP contribution in [0.3, 0.4) is 0 Å². The second kappa shape index (κ2) is 6.37. The lowest BCUT2D eigenvalue weighted by molar-refractivity contribution is -0.0298. The van der Waals surface area contributed by atoms with Gasteiger partial charge in [-0.05, 0) is 47.3 Å². The number of fused-ring (bicyclic) bond motifs is 1. The molecule has 8 heteroatoms. The van der Waals surface area contributed by atoms with Gasteiger partial charge in [-0.1, -0.05) is 6.07 Å². The van der Waals surface area contributed by atoms with Gasteiger partial charge in [-0.3, -0.25) is 4.57 Å². The van der Waals surface area contributed by atoms with Gasteiger partial charge in [0, 0.05) is 18.4 Å². The number of aromatic nitrogens is 4. The summed E-state index contributed by atoms with van der Waals surface area (Å²) in [5.74, 6) is 0.762. The van der Waals surface area contributed by atoms with Gasteiger partial charge >= 0.3 is 0 Å². The second-order valence-electron chi connectivity index (χ2n) is 5.66. The summed E-state index contributed by atoms with van der Waals surface area (Å²) in [4.78, 5) is 13.3. The molecule has 1 aliphatic heterocycles. The van der Waals surface area contributed by atoms with Crippen LogP contribution in [-0.4, -0.2) is 31.2 Å². The lowest BCUT2D eigenvalue weighted by Gasteiger charge is -2.23. The predicted molar refractivity (Wildman–Crippen MR) is 93.3 cm³/mol. The van der Waals surface area contributed by atoms with Crippen LogP contribution in [0.4, 0.5) is 11.5 Å². The van der Waals surface area contributed by atoms with Crippen LogP contribution in [0.5, 0.6) is 5.75 Å². The third-order valence-electron chi connectivity index (χ3n) is 3.97. The SMILES string of the molecule is Oc1cccc(Nc2nc(Br)nc3c2ncn3C2CCCCO2)c1. The molecule has 1 aliphatic rings. The molecule has 2 N–H and O–H groups in total. The number of hydrogen-bond donors (Lipinski definition) is 2. The Hall–Kier alpha value is -2.19. The van der Waals surface area contributed by atoms with Crippen LogP contribution in [0.15, 0.2) is 35.3 Å². The zero-order valence-electron chi connectivity index (χ0n) is 12.8. The summed E-state index contributed by atoms with van der Waals surface area (Å²) < 4.78 is 8.26. The highest BCUT2D eigenvalue weighted by molar-refractivity contribution is 9.10. The van der Waals surface area contributed by atoms with E-state index in [-0.39, 0.29) is 12.0 Å². The summed E-state index contributed by atoms with van der Waals surface area (Å²) in [6, 6.07) is 6.86. The maximum absolute atomic E-state index is 9.61. The first kappa shape index (κ1) is 15.3. The van der Waals surface area contributed by atoms with Crippen molar-refractivity contribution in [2.45, 2.75) is 25.5 Å². The number of aromatic hydroxyl groups is 1. The largest absolute Gasteiger partial charge is 0.508 e. The van der Waals surface area contributed by atoms with E-state index in [0.29, 0.717) is 21.7 Å².